The molecule has 98 valence electrons. The van der Waals surface area contributed by atoms with Crippen molar-refractivity contribution in [3.63, 3.8) is 0 Å². The van der Waals surface area contributed by atoms with Gasteiger partial charge in [0.25, 0.3) is 0 Å². The number of amides is 2. The van der Waals surface area contributed by atoms with E-state index in [0.717, 1.165) is 6.42 Å². The van der Waals surface area contributed by atoms with Gasteiger partial charge in [-0.05, 0) is 18.6 Å². The molecule has 2 N–H and O–H groups in total. The molecule has 1 rings (SSSR count). The molecule has 0 saturated heterocycles. The van der Waals surface area contributed by atoms with Gasteiger partial charge in [0, 0.05) is 13.6 Å². The Morgan fingerprint density at radius 2 is 2.17 bits per heavy atom. The van der Waals surface area contributed by atoms with Crippen LogP contribution in [0, 0.1) is 0 Å². The van der Waals surface area contributed by atoms with Crippen LogP contribution in [-0.4, -0.2) is 40.6 Å². The summed E-state index contributed by atoms with van der Waals surface area (Å²) in [7, 11) is 1.71. The quantitative estimate of drug-likeness (QED) is 0.832. The monoisotopic (exact) mass is 251 g/mol. The van der Waals surface area contributed by atoms with Gasteiger partial charge in [-0.15, -0.1) is 0 Å². The summed E-state index contributed by atoms with van der Waals surface area (Å²) in [6.07, 6.45) is 2.22. The van der Waals surface area contributed by atoms with Gasteiger partial charge in [0.2, 0.25) is 0 Å². The Labute approximate surface area is 106 Å². The van der Waals surface area contributed by atoms with Crippen molar-refractivity contribution in [2.45, 2.75) is 19.8 Å². The van der Waals surface area contributed by atoms with Crippen molar-refractivity contribution >= 4 is 17.7 Å². The Balaban J connectivity index is 2.58. The summed E-state index contributed by atoms with van der Waals surface area (Å²) >= 11 is 0. The van der Waals surface area contributed by atoms with E-state index in [1.165, 1.54) is 6.20 Å². The minimum Gasteiger partial charge on any atom is -0.481 e. The summed E-state index contributed by atoms with van der Waals surface area (Å²) in [6.45, 7) is 2.67. The predicted octanol–water partition coefficient (Wildman–Crippen LogP) is 1.58. The standard InChI is InChI=1S/C12H17N3O3/c1-3-6-15(2)12(18)14-10-5-4-9(13-8-10)7-11(16)17/h4-5,8H,3,6-7H2,1-2H3,(H,14,18)(H,16,17). The summed E-state index contributed by atoms with van der Waals surface area (Å²) in [5.41, 5.74) is 1.01. The minimum atomic E-state index is -0.929. The van der Waals surface area contributed by atoms with Crippen molar-refractivity contribution in [3.8, 4) is 0 Å². The molecule has 1 aromatic rings. The van der Waals surface area contributed by atoms with E-state index in [-0.39, 0.29) is 12.5 Å². The predicted molar refractivity (Wildman–Crippen MR) is 67.5 cm³/mol. The number of carbonyl (C=O) groups is 2. The molecule has 0 bridgehead atoms. The molecule has 0 spiro atoms. The molecule has 0 aliphatic heterocycles. The van der Waals surface area contributed by atoms with Gasteiger partial charge in [-0.3, -0.25) is 9.78 Å². The largest absolute Gasteiger partial charge is 0.481 e. The summed E-state index contributed by atoms with van der Waals surface area (Å²) < 4.78 is 0. The van der Waals surface area contributed by atoms with E-state index >= 15 is 0 Å². The Bertz CT molecular complexity index is 417. The van der Waals surface area contributed by atoms with Gasteiger partial charge in [0.1, 0.15) is 0 Å². The van der Waals surface area contributed by atoms with Gasteiger partial charge < -0.3 is 15.3 Å². The average molecular weight is 251 g/mol. The molecular formula is C12H17N3O3. The normalized spacial score (nSPS) is 9.89. The van der Waals surface area contributed by atoms with Crippen molar-refractivity contribution in [3.05, 3.63) is 24.0 Å². The number of urea groups is 1. The van der Waals surface area contributed by atoms with E-state index in [4.69, 9.17) is 5.11 Å². The number of anilines is 1. The number of hydrogen-bond acceptors (Lipinski definition) is 3. The fourth-order valence-electron chi connectivity index (χ4n) is 1.41. The van der Waals surface area contributed by atoms with Crippen LogP contribution in [0.5, 0.6) is 0 Å². The maximum atomic E-state index is 11.7. The second-order valence-electron chi connectivity index (χ2n) is 3.96. The van der Waals surface area contributed by atoms with E-state index in [0.29, 0.717) is 17.9 Å². The number of nitrogens with one attached hydrogen (secondary N) is 1. The van der Waals surface area contributed by atoms with Crippen LogP contribution >= 0.6 is 0 Å². The molecule has 0 unspecified atom stereocenters. The third-order valence-corrected chi connectivity index (χ3v) is 2.31. The number of carbonyl (C=O) groups excluding carboxylic acids is 1. The van der Waals surface area contributed by atoms with E-state index in [9.17, 15) is 9.59 Å². The highest BCUT2D eigenvalue weighted by molar-refractivity contribution is 5.88. The highest BCUT2D eigenvalue weighted by Gasteiger charge is 2.08. The molecular weight excluding hydrogens is 234 g/mol. The number of carboxylic acids is 1. The number of aromatic nitrogens is 1. The molecule has 2 amide bonds. The molecule has 0 aliphatic rings. The van der Waals surface area contributed by atoms with Gasteiger partial charge in [-0.2, -0.15) is 0 Å². The molecule has 1 heterocycles. The zero-order valence-corrected chi connectivity index (χ0v) is 10.5. The zero-order chi connectivity index (χ0) is 13.5. The molecule has 0 atom stereocenters. The molecule has 6 heteroatoms. The van der Waals surface area contributed by atoms with Crippen molar-refractivity contribution in [1.29, 1.82) is 0 Å². The van der Waals surface area contributed by atoms with E-state index in [1.54, 1.807) is 24.1 Å². The van der Waals surface area contributed by atoms with Crippen LogP contribution in [0.15, 0.2) is 18.3 Å². The molecule has 0 fully saturated rings. The van der Waals surface area contributed by atoms with Crippen molar-refractivity contribution in [2.75, 3.05) is 18.9 Å². The maximum absolute atomic E-state index is 11.7. The highest BCUT2D eigenvalue weighted by Crippen LogP contribution is 2.07. The second kappa shape index (κ2) is 6.58. The Hall–Kier alpha value is -2.11. The first-order chi connectivity index (χ1) is 8.52. The van der Waals surface area contributed by atoms with Crippen LogP contribution in [0.25, 0.3) is 0 Å². The molecule has 0 aliphatic carbocycles. The lowest BCUT2D eigenvalue weighted by Crippen LogP contribution is -2.31. The lowest BCUT2D eigenvalue weighted by molar-refractivity contribution is -0.136. The minimum absolute atomic E-state index is 0.121. The molecule has 0 saturated carbocycles. The molecule has 0 radical (unpaired) electrons. The SMILES string of the molecule is CCCN(C)C(=O)Nc1ccc(CC(=O)O)nc1. The summed E-state index contributed by atoms with van der Waals surface area (Å²) in [6, 6.07) is 3.02. The lowest BCUT2D eigenvalue weighted by atomic mass is 10.2. The first-order valence-corrected chi connectivity index (χ1v) is 5.71. The zero-order valence-electron chi connectivity index (χ0n) is 10.5. The fraction of sp³-hybridized carbons (Fsp3) is 0.417. The van der Waals surface area contributed by atoms with Crippen LogP contribution in [0.2, 0.25) is 0 Å². The number of nitrogens with zero attached hydrogens (tertiary/aromatic N) is 2. The van der Waals surface area contributed by atoms with Gasteiger partial charge in [-0.25, -0.2) is 4.79 Å². The van der Waals surface area contributed by atoms with Crippen LogP contribution in [0.4, 0.5) is 10.5 Å². The number of carboxylic acid groups (broad SMARTS) is 1. The first-order valence-electron chi connectivity index (χ1n) is 5.71. The molecule has 6 nitrogen and oxygen atoms in total. The van der Waals surface area contributed by atoms with Gasteiger partial charge in [0.15, 0.2) is 0 Å². The second-order valence-corrected chi connectivity index (χ2v) is 3.96. The number of rotatable bonds is 5. The van der Waals surface area contributed by atoms with Gasteiger partial charge in [0.05, 0.1) is 24.0 Å². The summed E-state index contributed by atoms with van der Waals surface area (Å²) in [5.74, 6) is -0.929. The van der Waals surface area contributed by atoms with Crippen molar-refractivity contribution in [1.82, 2.24) is 9.88 Å². The smallest absolute Gasteiger partial charge is 0.321 e. The summed E-state index contributed by atoms with van der Waals surface area (Å²) in [5, 5.41) is 11.3. The van der Waals surface area contributed by atoms with Crippen molar-refractivity contribution < 1.29 is 14.7 Å². The fourth-order valence-corrected chi connectivity index (χ4v) is 1.41. The first kappa shape index (κ1) is 14.0. The third kappa shape index (κ3) is 4.40. The molecule has 0 aromatic carbocycles. The maximum Gasteiger partial charge on any atom is 0.321 e. The Morgan fingerprint density at radius 3 is 2.67 bits per heavy atom. The van der Waals surface area contributed by atoms with E-state index in [2.05, 4.69) is 10.3 Å². The van der Waals surface area contributed by atoms with E-state index < -0.39 is 5.97 Å². The van der Waals surface area contributed by atoms with E-state index in [1.807, 2.05) is 6.92 Å². The van der Waals surface area contributed by atoms with Crippen LogP contribution in [-0.2, 0) is 11.2 Å². The van der Waals surface area contributed by atoms with Crippen molar-refractivity contribution in [2.24, 2.45) is 0 Å². The summed E-state index contributed by atoms with van der Waals surface area (Å²) in [4.78, 5) is 27.7. The average Bonchev–Trinajstić information content (AvgIpc) is 2.31. The van der Waals surface area contributed by atoms with Gasteiger partial charge in [-0.1, -0.05) is 6.92 Å². The number of hydrogen-bond donors (Lipinski definition) is 2. The van der Waals surface area contributed by atoms with Crippen LogP contribution < -0.4 is 5.32 Å². The third-order valence-electron chi connectivity index (χ3n) is 2.31. The van der Waals surface area contributed by atoms with Crippen LogP contribution in [0.1, 0.15) is 19.0 Å². The lowest BCUT2D eigenvalue weighted by Gasteiger charge is -2.16. The highest BCUT2D eigenvalue weighted by atomic mass is 16.4. The van der Waals surface area contributed by atoms with Crippen LogP contribution in [0.3, 0.4) is 0 Å². The Morgan fingerprint density at radius 1 is 1.44 bits per heavy atom. The molecule has 18 heavy (non-hydrogen) atoms. The van der Waals surface area contributed by atoms with Gasteiger partial charge >= 0.3 is 12.0 Å². The number of pyridine rings is 1. The topological polar surface area (TPSA) is 82.5 Å². The number of aliphatic carboxylic acids is 1. The molecule has 1 aromatic heterocycles. The Kier molecular flexibility index (Phi) is 5.10.